The molecule has 0 bridgehead atoms. The Hall–Kier alpha value is -2.68. The van der Waals surface area contributed by atoms with Crippen LogP contribution in [-0.4, -0.2) is 16.8 Å². The van der Waals surface area contributed by atoms with E-state index in [1.807, 2.05) is 12.3 Å². The van der Waals surface area contributed by atoms with Gasteiger partial charge >= 0.3 is 6.18 Å². The Morgan fingerprint density at radius 3 is 2.46 bits per heavy atom. The lowest BCUT2D eigenvalue weighted by atomic mass is 10.1. The van der Waals surface area contributed by atoms with Crippen LogP contribution in [0.25, 0.3) is 0 Å². The van der Waals surface area contributed by atoms with Crippen molar-refractivity contribution in [2.75, 3.05) is 10.6 Å². The first kappa shape index (κ1) is 21.4. The zero-order valence-electron chi connectivity index (χ0n) is 14.1. The van der Waals surface area contributed by atoms with Gasteiger partial charge in [-0.15, -0.1) is 11.3 Å². The molecule has 140 valence electrons. The van der Waals surface area contributed by atoms with Gasteiger partial charge in [0.2, 0.25) is 11.8 Å². The largest absolute Gasteiger partial charge is 0.418 e. The molecule has 9 heteroatoms. The number of para-hydroxylation sites is 1. The van der Waals surface area contributed by atoms with Gasteiger partial charge in [0.15, 0.2) is 5.13 Å². The summed E-state index contributed by atoms with van der Waals surface area (Å²) in [6, 6.07) is 4.84. The number of nitrogens with zero attached hydrogens (tertiary/aromatic N) is 1. The van der Waals surface area contributed by atoms with Crippen LogP contribution in [0.15, 0.2) is 48.0 Å². The Kier molecular flexibility index (Phi) is 8.50. The zero-order valence-corrected chi connectivity index (χ0v) is 14.9. The van der Waals surface area contributed by atoms with Crippen molar-refractivity contribution in [1.29, 1.82) is 0 Å². The fourth-order valence-corrected chi connectivity index (χ4v) is 2.20. The molecule has 0 aliphatic carbocycles. The smallest absolute Gasteiger partial charge is 0.322 e. The highest BCUT2D eigenvalue weighted by Crippen LogP contribution is 2.34. The van der Waals surface area contributed by atoms with Crippen LogP contribution in [0, 0.1) is 0 Å². The van der Waals surface area contributed by atoms with E-state index in [1.54, 1.807) is 13.1 Å². The fourth-order valence-electron chi connectivity index (χ4n) is 1.66. The summed E-state index contributed by atoms with van der Waals surface area (Å²) in [6.07, 6.45) is 0.300. The standard InChI is InChI=1S/C11H10F3NO.C6H8N2OS/c1-2-5-10(16)15-9-7-4-3-6-8(9)11(12,13)14;1-2-5(9)8-6-7-3-4-10-6/h2-7H,1H3,(H,15,16);3-4H,2H2,1H3,(H,7,8,9). The Bertz CT molecular complexity index is 744. The van der Waals surface area contributed by atoms with E-state index < -0.39 is 17.6 Å². The number of halogens is 3. The second-order valence-electron chi connectivity index (χ2n) is 4.77. The summed E-state index contributed by atoms with van der Waals surface area (Å²) in [4.78, 5) is 25.8. The van der Waals surface area contributed by atoms with Gasteiger partial charge in [0.25, 0.3) is 0 Å². The minimum absolute atomic E-state index is 0.00921. The third kappa shape index (κ3) is 7.47. The summed E-state index contributed by atoms with van der Waals surface area (Å²) >= 11 is 1.42. The first-order valence-corrected chi connectivity index (χ1v) is 8.45. The van der Waals surface area contributed by atoms with Gasteiger partial charge < -0.3 is 10.6 Å². The van der Waals surface area contributed by atoms with Crippen molar-refractivity contribution >= 4 is 34.0 Å². The lowest BCUT2D eigenvalue weighted by Crippen LogP contribution is -2.14. The first-order valence-electron chi connectivity index (χ1n) is 7.57. The maximum absolute atomic E-state index is 12.5. The molecule has 0 saturated heterocycles. The number of hydrogen-bond donors (Lipinski definition) is 2. The summed E-state index contributed by atoms with van der Waals surface area (Å²) in [5.74, 6) is -0.575. The average Bonchev–Trinajstić information content (AvgIpc) is 3.08. The molecule has 0 aliphatic rings. The SMILES string of the molecule is CC=CC(=O)Nc1ccccc1C(F)(F)F.CCC(=O)Nc1nccs1. The van der Waals surface area contributed by atoms with Crippen LogP contribution in [-0.2, 0) is 15.8 Å². The van der Waals surface area contributed by atoms with Gasteiger partial charge in [-0.25, -0.2) is 4.98 Å². The van der Waals surface area contributed by atoms with Crippen LogP contribution in [0.2, 0.25) is 0 Å². The molecule has 26 heavy (non-hydrogen) atoms. The molecule has 2 aromatic rings. The normalized spacial score (nSPS) is 10.8. The van der Waals surface area contributed by atoms with E-state index in [0.717, 1.165) is 12.1 Å². The molecule has 0 spiro atoms. The lowest BCUT2D eigenvalue weighted by Gasteiger charge is -2.12. The number of amides is 2. The number of carbonyl (C=O) groups is 2. The van der Waals surface area contributed by atoms with Crippen LogP contribution in [0.4, 0.5) is 24.0 Å². The van der Waals surface area contributed by atoms with Gasteiger partial charge in [-0.3, -0.25) is 9.59 Å². The number of aromatic nitrogens is 1. The van der Waals surface area contributed by atoms with E-state index in [-0.39, 0.29) is 11.6 Å². The minimum Gasteiger partial charge on any atom is -0.322 e. The van der Waals surface area contributed by atoms with Crippen LogP contribution in [0.3, 0.4) is 0 Å². The zero-order chi connectivity index (χ0) is 19.6. The van der Waals surface area contributed by atoms with Crippen molar-refractivity contribution in [2.45, 2.75) is 26.4 Å². The molecule has 2 N–H and O–H groups in total. The molecule has 2 rings (SSSR count). The molecule has 0 saturated carbocycles. The van der Waals surface area contributed by atoms with Crippen molar-refractivity contribution in [1.82, 2.24) is 4.98 Å². The van der Waals surface area contributed by atoms with Gasteiger partial charge in [-0.1, -0.05) is 25.1 Å². The van der Waals surface area contributed by atoms with E-state index in [2.05, 4.69) is 15.6 Å². The molecule has 1 aromatic carbocycles. The Morgan fingerprint density at radius 2 is 1.92 bits per heavy atom. The number of anilines is 2. The number of rotatable bonds is 4. The number of allylic oxidation sites excluding steroid dienone is 1. The van der Waals surface area contributed by atoms with Gasteiger partial charge in [0, 0.05) is 18.0 Å². The number of carbonyl (C=O) groups excluding carboxylic acids is 2. The second-order valence-corrected chi connectivity index (χ2v) is 5.67. The van der Waals surface area contributed by atoms with Crippen molar-refractivity contribution < 1.29 is 22.8 Å². The molecule has 0 fully saturated rings. The molecular weight excluding hydrogens is 367 g/mol. The number of benzene rings is 1. The van der Waals surface area contributed by atoms with Gasteiger partial charge in [-0.2, -0.15) is 13.2 Å². The molecule has 0 unspecified atom stereocenters. The van der Waals surface area contributed by atoms with E-state index in [9.17, 15) is 22.8 Å². The van der Waals surface area contributed by atoms with Crippen molar-refractivity contribution in [3.8, 4) is 0 Å². The summed E-state index contributed by atoms with van der Waals surface area (Å²) in [5, 5.41) is 7.31. The van der Waals surface area contributed by atoms with E-state index in [0.29, 0.717) is 11.6 Å². The number of nitrogens with one attached hydrogen (secondary N) is 2. The second kappa shape index (κ2) is 10.3. The highest BCUT2D eigenvalue weighted by molar-refractivity contribution is 7.13. The summed E-state index contributed by atoms with van der Waals surface area (Å²) in [6.45, 7) is 3.41. The highest BCUT2D eigenvalue weighted by Gasteiger charge is 2.33. The summed E-state index contributed by atoms with van der Waals surface area (Å²) in [5.41, 5.74) is -1.09. The van der Waals surface area contributed by atoms with Crippen LogP contribution >= 0.6 is 11.3 Å². The number of thiazole rings is 1. The Labute approximate surface area is 153 Å². The van der Waals surface area contributed by atoms with E-state index in [1.165, 1.54) is 35.6 Å². The molecule has 0 atom stereocenters. The van der Waals surface area contributed by atoms with Gasteiger partial charge in [-0.05, 0) is 25.1 Å². The highest BCUT2D eigenvalue weighted by atomic mass is 32.1. The minimum atomic E-state index is -4.47. The maximum atomic E-state index is 12.5. The van der Waals surface area contributed by atoms with E-state index in [4.69, 9.17) is 0 Å². The number of hydrogen-bond acceptors (Lipinski definition) is 4. The fraction of sp³-hybridized carbons (Fsp3) is 0.235. The third-order valence-electron chi connectivity index (χ3n) is 2.81. The predicted octanol–water partition coefficient (Wildman–Crippen LogP) is 4.71. The molecule has 1 aromatic heterocycles. The quantitative estimate of drug-likeness (QED) is 0.749. The average molecular weight is 385 g/mol. The Morgan fingerprint density at radius 1 is 1.23 bits per heavy atom. The van der Waals surface area contributed by atoms with Crippen LogP contribution < -0.4 is 10.6 Å². The van der Waals surface area contributed by atoms with Crippen molar-refractivity contribution in [2.24, 2.45) is 0 Å². The molecule has 5 nitrogen and oxygen atoms in total. The molecule has 2 amide bonds. The van der Waals surface area contributed by atoms with Crippen molar-refractivity contribution in [3.05, 3.63) is 53.6 Å². The first-order chi connectivity index (χ1) is 12.3. The predicted molar refractivity (Wildman–Crippen MR) is 95.9 cm³/mol. The lowest BCUT2D eigenvalue weighted by molar-refractivity contribution is -0.137. The molecule has 0 aliphatic heterocycles. The maximum Gasteiger partial charge on any atom is 0.418 e. The number of alkyl halides is 3. The van der Waals surface area contributed by atoms with Crippen LogP contribution in [0.1, 0.15) is 25.8 Å². The topological polar surface area (TPSA) is 71.1 Å². The molecule has 0 radical (unpaired) electrons. The molecule has 1 heterocycles. The summed E-state index contributed by atoms with van der Waals surface area (Å²) in [7, 11) is 0. The molecular formula is C17H18F3N3O2S. The Balaban J connectivity index is 0.000000289. The van der Waals surface area contributed by atoms with Gasteiger partial charge in [0.1, 0.15) is 0 Å². The third-order valence-corrected chi connectivity index (χ3v) is 3.50. The van der Waals surface area contributed by atoms with Gasteiger partial charge in [0.05, 0.1) is 11.3 Å². The monoisotopic (exact) mass is 385 g/mol. The van der Waals surface area contributed by atoms with Crippen molar-refractivity contribution in [3.63, 3.8) is 0 Å². The summed E-state index contributed by atoms with van der Waals surface area (Å²) < 4.78 is 37.5. The van der Waals surface area contributed by atoms with E-state index >= 15 is 0 Å². The van der Waals surface area contributed by atoms with Crippen LogP contribution in [0.5, 0.6) is 0 Å².